The molecule has 0 saturated carbocycles. The molecule has 0 unspecified atom stereocenters. The third-order valence-corrected chi connectivity index (χ3v) is 6.59. The zero-order chi connectivity index (χ0) is 19.6. The van der Waals surface area contributed by atoms with Crippen molar-refractivity contribution in [2.75, 3.05) is 19.5 Å². The van der Waals surface area contributed by atoms with Gasteiger partial charge in [0.15, 0.2) is 0 Å². The minimum atomic E-state index is -0.504. The molecule has 0 spiro atoms. The molecule has 144 valence electrons. The molecule has 0 bridgehead atoms. The number of hydrogen-bond acceptors (Lipinski definition) is 5. The Morgan fingerprint density at radius 1 is 1.11 bits per heavy atom. The zero-order valence-electron chi connectivity index (χ0n) is 15.2. The first-order valence-corrected chi connectivity index (χ1v) is 10.2. The molecule has 2 amide bonds. The molecule has 1 heterocycles. The maximum atomic E-state index is 12.8. The van der Waals surface area contributed by atoms with Gasteiger partial charge in [0.25, 0.3) is 11.8 Å². The van der Waals surface area contributed by atoms with E-state index < -0.39 is 5.91 Å². The molecular weight excluding hydrogens is 432 g/mol. The van der Waals surface area contributed by atoms with E-state index in [-0.39, 0.29) is 5.91 Å². The summed E-state index contributed by atoms with van der Waals surface area (Å²) in [6, 6.07) is 3.23. The Kier molecular flexibility index (Phi) is 6.06. The average Bonchev–Trinajstić information content (AvgIpc) is 2.82. The summed E-state index contributed by atoms with van der Waals surface area (Å²) in [5, 5.41) is 3.37. The van der Waals surface area contributed by atoms with E-state index in [9.17, 15) is 9.59 Å². The third kappa shape index (κ3) is 3.96. The van der Waals surface area contributed by atoms with Crippen LogP contribution in [-0.2, 0) is 12.8 Å². The maximum Gasteiger partial charge on any atom is 0.256 e. The van der Waals surface area contributed by atoms with Gasteiger partial charge in [0.1, 0.15) is 21.0 Å². The lowest BCUT2D eigenvalue weighted by Crippen LogP contribution is -2.18. The monoisotopic (exact) mass is 452 g/mol. The van der Waals surface area contributed by atoms with Crippen molar-refractivity contribution in [3.8, 4) is 11.5 Å². The van der Waals surface area contributed by atoms with Crippen molar-refractivity contribution < 1.29 is 19.1 Å². The summed E-state index contributed by atoms with van der Waals surface area (Å²) in [5.41, 5.74) is 7.43. The Morgan fingerprint density at radius 2 is 1.74 bits per heavy atom. The lowest BCUT2D eigenvalue weighted by atomic mass is 10.1. The first-order chi connectivity index (χ1) is 13.0. The highest BCUT2D eigenvalue weighted by atomic mass is 79.9. The maximum absolute atomic E-state index is 12.8. The molecule has 3 N–H and O–H groups in total. The van der Waals surface area contributed by atoms with Crippen LogP contribution >= 0.6 is 27.3 Å². The van der Waals surface area contributed by atoms with Gasteiger partial charge in [-0.15, -0.1) is 11.3 Å². The first-order valence-electron chi connectivity index (χ1n) is 8.63. The van der Waals surface area contributed by atoms with Crippen molar-refractivity contribution in [1.29, 1.82) is 0 Å². The van der Waals surface area contributed by atoms with Crippen LogP contribution in [0.5, 0.6) is 11.5 Å². The van der Waals surface area contributed by atoms with E-state index in [4.69, 9.17) is 15.2 Å². The molecular formula is C19H21BrN2O4S. The van der Waals surface area contributed by atoms with Gasteiger partial charge >= 0.3 is 0 Å². The van der Waals surface area contributed by atoms with Crippen molar-refractivity contribution in [2.24, 2.45) is 5.73 Å². The molecule has 1 aromatic carbocycles. The zero-order valence-corrected chi connectivity index (χ0v) is 17.6. The van der Waals surface area contributed by atoms with E-state index in [1.54, 1.807) is 12.1 Å². The van der Waals surface area contributed by atoms with Gasteiger partial charge in [-0.2, -0.15) is 0 Å². The second kappa shape index (κ2) is 8.31. The van der Waals surface area contributed by atoms with Gasteiger partial charge in [0, 0.05) is 10.4 Å². The Bertz CT molecular complexity index is 869. The molecule has 0 aliphatic heterocycles. The number of aryl methyl sites for hydroxylation is 1. The number of thiophene rings is 1. The van der Waals surface area contributed by atoms with Crippen LogP contribution in [0, 0.1) is 0 Å². The van der Waals surface area contributed by atoms with Gasteiger partial charge in [0.2, 0.25) is 0 Å². The number of nitrogens with one attached hydrogen (secondary N) is 1. The van der Waals surface area contributed by atoms with Crippen molar-refractivity contribution >= 4 is 44.1 Å². The molecule has 1 aliphatic carbocycles. The molecule has 8 heteroatoms. The topological polar surface area (TPSA) is 90.6 Å². The Labute approximate surface area is 170 Å². The van der Waals surface area contributed by atoms with Crippen LogP contribution in [0.1, 0.15) is 50.4 Å². The average molecular weight is 453 g/mol. The van der Waals surface area contributed by atoms with Gasteiger partial charge in [-0.3, -0.25) is 9.59 Å². The summed E-state index contributed by atoms with van der Waals surface area (Å²) in [5.74, 6) is 0.113. The number of carbonyl (C=O) groups is 2. The van der Waals surface area contributed by atoms with E-state index in [2.05, 4.69) is 21.2 Å². The minimum absolute atomic E-state index is 0.349. The van der Waals surface area contributed by atoms with Crippen LogP contribution in [0.3, 0.4) is 0 Å². The summed E-state index contributed by atoms with van der Waals surface area (Å²) in [4.78, 5) is 26.0. The van der Waals surface area contributed by atoms with Gasteiger partial charge in [-0.25, -0.2) is 0 Å². The normalized spacial score (nSPS) is 13.4. The summed E-state index contributed by atoms with van der Waals surface area (Å²) < 4.78 is 11.2. The number of rotatable bonds is 5. The smallest absolute Gasteiger partial charge is 0.256 e. The minimum Gasteiger partial charge on any atom is -0.495 e. The first kappa shape index (κ1) is 19.7. The molecule has 0 radical (unpaired) electrons. The highest BCUT2D eigenvalue weighted by Gasteiger charge is 2.25. The van der Waals surface area contributed by atoms with Gasteiger partial charge in [0.05, 0.1) is 19.8 Å². The second-order valence-electron chi connectivity index (χ2n) is 6.28. The number of methoxy groups -OCH3 is 2. The number of benzene rings is 1. The lowest BCUT2D eigenvalue weighted by molar-refractivity contribution is 0.100. The van der Waals surface area contributed by atoms with Crippen molar-refractivity contribution in [2.45, 2.75) is 32.1 Å². The molecule has 3 rings (SSSR count). The Hall–Kier alpha value is -2.06. The largest absolute Gasteiger partial charge is 0.495 e. The van der Waals surface area contributed by atoms with Crippen LogP contribution in [-0.4, -0.2) is 26.0 Å². The standard InChI is InChI=1S/C19H21BrN2O4S/c1-25-12-8-10(9-13(26-2)16(12)20)18(24)22-19-15(17(21)23)11-6-4-3-5-7-14(11)27-19/h8-9H,3-7H2,1-2H3,(H2,21,23)(H,22,24). The fourth-order valence-corrected chi connectivity index (χ4v) is 5.11. The molecule has 0 saturated heterocycles. The highest BCUT2D eigenvalue weighted by Crippen LogP contribution is 2.39. The lowest BCUT2D eigenvalue weighted by Gasteiger charge is -2.12. The van der Waals surface area contributed by atoms with Crippen LogP contribution < -0.4 is 20.5 Å². The van der Waals surface area contributed by atoms with Crippen LogP contribution in [0.25, 0.3) is 0 Å². The summed E-state index contributed by atoms with van der Waals surface area (Å²) >= 11 is 4.83. The summed E-state index contributed by atoms with van der Waals surface area (Å²) in [6.45, 7) is 0. The number of fused-ring (bicyclic) bond motifs is 1. The molecule has 1 aliphatic rings. The number of carbonyl (C=O) groups excluding carboxylic acids is 2. The predicted octanol–water partition coefficient (Wildman–Crippen LogP) is 4.15. The van der Waals surface area contributed by atoms with Crippen molar-refractivity contribution in [3.63, 3.8) is 0 Å². The van der Waals surface area contributed by atoms with Crippen LogP contribution in [0.2, 0.25) is 0 Å². The molecule has 1 aromatic heterocycles. The van der Waals surface area contributed by atoms with Crippen molar-refractivity contribution in [3.05, 3.63) is 38.2 Å². The third-order valence-electron chi connectivity index (χ3n) is 4.60. The number of primary amides is 1. The van der Waals surface area contributed by atoms with Crippen LogP contribution in [0.4, 0.5) is 5.00 Å². The SMILES string of the molecule is COc1cc(C(=O)Nc2sc3c(c2C(N)=O)CCCCC3)cc(OC)c1Br. The number of amides is 2. The predicted molar refractivity (Wildman–Crippen MR) is 109 cm³/mol. The van der Waals surface area contributed by atoms with E-state index in [0.717, 1.165) is 42.5 Å². The summed E-state index contributed by atoms with van der Waals surface area (Å²) in [6.07, 6.45) is 4.98. The number of hydrogen-bond donors (Lipinski definition) is 2. The fourth-order valence-electron chi connectivity index (χ4n) is 3.27. The molecule has 2 aromatic rings. The summed E-state index contributed by atoms with van der Waals surface area (Å²) in [7, 11) is 3.03. The number of halogens is 1. The van der Waals surface area contributed by atoms with Crippen molar-refractivity contribution in [1.82, 2.24) is 0 Å². The second-order valence-corrected chi connectivity index (χ2v) is 8.18. The fraction of sp³-hybridized carbons (Fsp3) is 0.368. The highest BCUT2D eigenvalue weighted by molar-refractivity contribution is 9.10. The number of nitrogens with two attached hydrogens (primary N) is 1. The Balaban J connectivity index is 1.96. The number of ether oxygens (including phenoxy) is 2. The van der Waals surface area contributed by atoms with Gasteiger partial charge in [-0.05, 0) is 59.3 Å². The van der Waals surface area contributed by atoms with E-state index in [0.29, 0.717) is 32.1 Å². The van der Waals surface area contributed by atoms with E-state index in [1.807, 2.05) is 0 Å². The van der Waals surface area contributed by atoms with Gasteiger partial charge < -0.3 is 20.5 Å². The van der Waals surface area contributed by atoms with E-state index in [1.165, 1.54) is 25.6 Å². The molecule has 6 nitrogen and oxygen atoms in total. The molecule has 0 atom stereocenters. The van der Waals surface area contributed by atoms with E-state index >= 15 is 0 Å². The molecule has 27 heavy (non-hydrogen) atoms. The Morgan fingerprint density at radius 3 is 2.33 bits per heavy atom. The van der Waals surface area contributed by atoms with Gasteiger partial charge in [-0.1, -0.05) is 6.42 Å². The van der Waals surface area contributed by atoms with Crippen LogP contribution in [0.15, 0.2) is 16.6 Å². The molecule has 0 fully saturated rings. The quantitative estimate of drug-likeness (QED) is 0.666. The number of anilines is 1.